The molecule has 2 aromatic rings. The predicted molar refractivity (Wildman–Crippen MR) is 124 cm³/mol. The number of ether oxygens (including phenoxy) is 1. The van der Waals surface area contributed by atoms with Crippen LogP contribution < -0.4 is 10.1 Å². The molecule has 4 atom stereocenters. The van der Waals surface area contributed by atoms with Gasteiger partial charge in [0.25, 0.3) is 5.91 Å². The van der Waals surface area contributed by atoms with Crippen LogP contribution >= 0.6 is 0 Å². The number of amides is 1. The molecule has 170 valence electrons. The standard InChI is InChI=1S/C27H34N2O3/c30-26(27(31,21-12-7-8-13-21)20-10-3-1-4-11-20)28-25-23-18-29(19-24(23)25)16-9-17-32-22-14-5-2-6-15-22/h1-6,10-11,14-15,21,23-25,31H,7-9,12-13,16-19H2,(H,28,30)/t23-,24?,25+,27?/m0/s1. The molecule has 1 aliphatic heterocycles. The zero-order valence-corrected chi connectivity index (χ0v) is 18.7. The summed E-state index contributed by atoms with van der Waals surface area (Å²) in [7, 11) is 0. The lowest BCUT2D eigenvalue weighted by molar-refractivity contribution is -0.147. The van der Waals surface area contributed by atoms with Gasteiger partial charge in [-0.2, -0.15) is 0 Å². The molecule has 0 spiro atoms. The summed E-state index contributed by atoms with van der Waals surface area (Å²) in [5.41, 5.74) is -0.682. The molecule has 1 amide bonds. The molecule has 0 bridgehead atoms. The van der Waals surface area contributed by atoms with Crippen LogP contribution in [0.25, 0.3) is 0 Å². The number of fused-ring (bicyclic) bond motifs is 1. The van der Waals surface area contributed by atoms with Gasteiger partial charge >= 0.3 is 0 Å². The average Bonchev–Trinajstić information content (AvgIpc) is 3.25. The van der Waals surface area contributed by atoms with Crippen molar-refractivity contribution in [2.75, 3.05) is 26.2 Å². The fourth-order valence-corrected chi connectivity index (χ4v) is 5.85. The van der Waals surface area contributed by atoms with Gasteiger partial charge in [-0.3, -0.25) is 4.79 Å². The monoisotopic (exact) mass is 434 g/mol. The largest absolute Gasteiger partial charge is 0.494 e. The maximum absolute atomic E-state index is 13.4. The number of hydrogen-bond donors (Lipinski definition) is 2. The Balaban J connectivity index is 1.11. The molecule has 0 aromatic heterocycles. The molecule has 1 heterocycles. The van der Waals surface area contributed by atoms with Gasteiger partial charge < -0.3 is 20.1 Å². The highest BCUT2D eigenvalue weighted by molar-refractivity contribution is 5.87. The minimum absolute atomic E-state index is 0.00426. The fraction of sp³-hybridized carbons (Fsp3) is 0.519. The Hall–Kier alpha value is -2.37. The molecule has 2 N–H and O–H groups in total. The topological polar surface area (TPSA) is 61.8 Å². The van der Waals surface area contributed by atoms with E-state index in [4.69, 9.17) is 4.74 Å². The van der Waals surface area contributed by atoms with E-state index in [2.05, 4.69) is 10.2 Å². The lowest BCUT2D eigenvalue weighted by Gasteiger charge is -2.33. The third-order valence-electron chi connectivity index (χ3n) is 7.70. The molecule has 2 saturated carbocycles. The molecule has 5 heteroatoms. The van der Waals surface area contributed by atoms with Gasteiger partial charge in [0.1, 0.15) is 5.75 Å². The Kier molecular flexibility index (Phi) is 6.20. The zero-order valence-electron chi connectivity index (χ0n) is 18.7. The van der Waals surface area contributed by atoms with Crippen molar-refractivity contribution in [2.24, 2.45) is 17.8 Å². The summed E-state index contributed by atoms with van der Waals surface area (Å²) in [6, 6.07) is 19.7. The van der Waals surface area contributed by atoms with E-state index in [1.54, 1.807) is 0 Å². The Labute approximate surface area is 190 Å². The van der Waals surface area contributed by atoms with Crippen molar-refractivity contribution in [3.05, 3.63) is 66.2 Å². The SMILES string of the molecule is O=C(N[C@H]1C2CN(CCCOc3ccccc3)C[C@@H]21)C(O)(c1ccccc1)C1CCCC1. The highest BCUT2D eigenvalue weighted by Crippen LogP contribution is 2.47. The summed E-state index contributed by atoms with van der Waals surface area (Å²) in [4.78, 5) is 15.8. The molecule has 3 fully saturated rings. The molecule has 5 rings (SSSR count). The van der Waals surface area contributed by atoms with E-state index in [-0.39, 0.29) is 17.9 Å². The first-order valence-corrected chi connectivity index (χ1v) is 12.2. The Morgan fingerprint density at radius 2 is 1.62 bits per heavy atom. The molecule has 32 heavy (non-hydrogen) atoms. The molecule has 0 radical (unpaired) electrons. The van der Waals surface area contributed by atoms with Gasteiger partial charge in [-0.25, -0.2) is 0 Å². The summed E-state index contributed by atoms with van der Waals surface area (Å²) in [5.74, 6) is 1.75. The molecular formula is C27H34N2O3. The Morgan fingerprint density at radius 1 is 1.00 bits per heavy atom. The van der Waals surface area contributed by atoms with Crippen LogP contribution in [0.2, 0.25) is 0 Å². The molecule has 1 saturated heterocycles. The van der Waals surface area contributed by atoms with Crippen molar-refractivity contribution in [3.8, 4) is 5.75 Å². The van der Waals surface area contributed by atoms with Crippen molar-refractivity contribution in [3.63, 3.8) is 0 Å². The van der Waals surface area contributed by atoms with E-state index < -0.39 is 5.60 Å². The van der Waals surface area contributed by atoms with Crippen LogP contribution in [-0.2, 0) is 10.4 Å². The van der Waals surface area contributed by atoms with Crippen LogP contribution in [0, 0.1) is 17.8 Å². The van der Waals surface area contributed by atoms with Crippen LogP contribution in [0.5, 0.6) is 5.75 Å². The van der Waals surface area contributed by atoms with Gasteiger partial charge in [-0.05, 0) is 48.8 Å². The van der Waals surface area contributed by atoms with E-state index in [0.29, 0.717) is 11.8 Å². The van der Waals surface area contributed by atoms with Crippen molar-refractivity contribution < 1.29 is 14.6 Å². The molecule has 3 aliphatic rings. The third kappa shape index (κ3) is 4.28. The smallest absolute Gasteiger partial charge is 0.257 e. The maximum Gasteiger partial charge on any atom is 0.257 e. The quantitative estimate of drug-likeness (QED) is 0.592. The number of para-hydroxylation sites is 1. The van der Waals surface area contributed by atoms with Gasteiger partial charge in [0.05, 0.1) is 6.61 Å². The summed E-state index contributed by atoms with van der Waals surface area (Å²) >= 11 is 0. The first-order chi connectivity index (χ1) is 15.7. The summed E-state index contributed by atoms with van der Waals surface area (Å²) < 4.78 is 5.79. The second kappa shape index (κ2) is 9.24. The molecule has 5 nitrogen and oxygen atoms in total. The van der Waals surface area contributed by atoms with E-state index in [1.807, 2.05) is 60.7 Å². The van der Waals surface area contributed by atoms with Crippen LogP contribution in [0.3, 0.4) is 0 Å². The lowest BCUT2D eigenvalue weighted by atomic mass is 9.79. The highest BCUT2D eigenvalue weighted by atomic mass is 16.5. The number of nitrogens with zero attached hydrogens (tertiary/aromatic N) is 1. The third-order valence-corrected chi connectivity index (χ3v) is 7.70. The predicted octanol–water partition coefficient (Wildman–Crippen LogP) is 3.58. The van der Waals surface area contributed by atoms with Crippen LogP contribution in [-0.4, -0.2) is 48.2 Å². The number of rotatable bonds is 9. The number of nitrogens with one attached hydrogen (secondary N) is 1. The number of hydrogen-bond acceptors (Lipinski definition) is 4. The van der Waals surface area contributed by atoms with E-state index >= 15 is 0 Å². The van der Waals surface area contributed by atoms with Crippen molar-refractivity contribution in [2.45, 2.75) is 43.7 Å². The van der Waals surface area contributed by atoms with Gasteiger partial charge in [0.2, 0.25) is 0 Å². The molecule has 2 aromatic carbocycles. The van der Waals surface area contributed by atoms with E-state index in [9.17, 15) is 9.90 Å². The van der Waals surface area contributed by atoms with Crippen molar-refractivity contribution in [1.82, 2.24) is 10.2 Å². The number of piperidine rings is 1. The highest BCUT2D eigenvalue weighted by Gasteiger charge is 2.58. The first kappa shape index (κ1) is 21.5. The van der Waals surface area contributed by atoms with Crippen molar-refractivity contribution >= 4 is 5.91 Å². The van der Waals surface area contributed by atoms with Gasteiger partial charge in [0, 0.05) is 31.6 Å². The lowest BCUT2D eigenvalue weighted by Crippen LogP contribution is -2.51. The number of benzene rings is 2. The molecule has 2 aliphatic carbocycles. The van der Waals surface area contributed by atoms with E-state index in [0.717, 1.165) is 69.7 Å². The van der Waals surface area contributed by atoms with Crippen LogP contribution in [0.15, 0.2) is 60.7 Å². The fourth-order valence-electron chi connectivity index (χ4n) is 5.85. The zero-order chi connectivity index (χ0) is 22.0. The summed E-state index contributed by atoms with van der Waals surface area (Å²) in [6.45, 7) is 3.79. The first-order valence-electron chi connectivity index (χ1n) is 12.2. The summed E-state index contributed by atoms with van der Waals surface area (Å²) in [6.07, 6.45) is 5.00. The normalized spacial score (nSPS) is 27.0. The summed E-state index contributed by atoms with van der Waals surface area (Å²) in [5, 5.41) is 14.9. The van der Waals surface area contributed by atoms with Crippen molar-refractivity contribution in [1.29, 1.82) is 0 Å². The minimum atomic E-state index is -1.41. The number of carbonyl (C=O) groups excluding carboxylic acids is 1. The number of likely N-dealkylation sites (tertiary alicyclic amines) is 1. The second-order valence-electron chi connectivity index (χ2n) is 9.72. The average molecular weight is 435 g/mol. The number of aliphatic hydroxyl groups is 1. The Morgan fingerprint density at radius 3 is 2.28 bits per heavy atom. The maximum atomic E-state index is 13.4. The van der Waals surface area contributed by atoms with Gasteiger partial charge in [-0.1, -0.05) is 61.4 Å². The van der Waals surface area contributed by atoms with Gasteiger partial charge in [-0.15, -0.1) is 0 Å². The minimum Gasteiger partial charge on any atom is -0.494 e. The van der Waals surface area contributed by atoms with Crippen LogP contribution in [0.1, 0.15) is 37.7 Å². The van der Waals surface area contributed by atoms with Gasteiger partial charge in [0.15, 0.2) is 5.60 Å². The number of carbonyl (C=O) groups is 1. The Bertz CT molecular complexity index is 888. The second-order valence-corrected chi connectivity index (χ2v) is 9.72. The molecule has 2 unspecified atom stereocenters. The molecular weight excluding hydrogens is 400 g/mol. The van der Waals surface area contributed by atoms with Crippen LogP contribution in [0.4, 0.5) is 0 Å². The van der Waals surface area contributed by atoms with E-state index in [1.165, 1.54) is 0 Å².